The van der Waals surface area contributed by atoms with E-state index in [1.807, 2.05) is 13.0 Å². The number of aromatic nitrogens is 3. The molecule has 3 N–H and O–H groups in total. The lowest BCUT2D eigenvalue weighted by Gasteiger charge is -2.12. The summed E-state index contributed by atoms with van der Waals surface area (Å²) in [6.45, 7) is 4.94. The number of benzene rings is 1. The number of nitrogens with zero attached hydrogens (tertiary/aromatic N) is 3. The van der Waals surface area contributed by atoms with Crippen molar-refractivity contribution in [2.45, 2.75) is 32.4 Å². The van der Waals surface area contributed by atoms with E-state index in [1.165, 1.54) is 11.9 Å². The summed E-state index contributed by atoms with van der Waals surface area (Å²) in [5, 5.41) is 4.11. The van der Waals surface area contributed by atoms with Crippen molar-refractivity contribution in [3.05, 3.63) is 42.4 Å². The first-order valence-electron chi connectivity index (χ1n) is 9.16. The van der Waals surface area contributed by atoms with Crippen LogP contribution in [0, 0.1) is 6.92 Å². The minimum Gasteiger partial charge on any atom is -0.465 e. The van der Waals surface area contributed by atoms with E-state index in [9.17, 15) is 4.79 Å². The van der Waals surface area contributed by atoms with Crippen LogP contribution in [0.2, 0.25) is 0 Å². The Kier molecular flexibility index (Phi) is 4.53. The standard InChI is InChI=1S/C20H23N5O2/c1-3-27-20(26)16-8-14(9-22-16)25-10-15(13-6-4-5-12(2)7-13)17-18(21)23-11-24-19(17)25/h4-7,10-11,14,16,22H,3,8-9H2,1-2H3,(H2,21,23,24). The fourth-order valence-electron chi connectivity index (χ4n) is 3.77. The molecule has 2 unspecified atom stereocenters. The summed E-state index contributed by atoms with van der Waals surface area (Å²) in [4.78, 5) is 20.7. The van der Waals surface area contributed by atoms with Gasteiger partial charge in [-0.05, 0) is 25.8 Å². The number of ether oxygens (including phenoxy) is 1. The van der Waals surface area contributed by atoms with Crippen LogP contribution in [-0.4, -0.2) is 39.7 Å². The number of esters is 1. The molecule has 4 rings (SSSR count). The second-order valence-corrected chi connectivity index (χ2v) is 6.88. The second-order valence-electron chi connectivity index (χ2n) is 6.88. The Hall–Kier alpha value is -2.93. The molecule has 0 bridgehead atoms. The van der Waals surface area contributed by atoms with Gasteiger partial charge in [-0.15, -0.1) is 0 Å². The van der Waals surface area contributed by atoms with Crippen molar-refractivity contribution < 1.29 is 9.53 Å². The van der Waals surface area contributed by atoms with E-state index in [-0.39, 0.29) is 18.1 Å². The summed E-state index contributed by atoms with van der Waals surface area (Å²) in [5.41, 5.74) is 10.3. The van der Waals surface area contributed by atoms with Gasteiger partial charge in [0, 0.05) is 24.3 Å². The van der Waals surface area contributed by atoms with Gasteiger partial charge in [-0.1, -0.05) is 29.8 Å². The summed E-state index contributed by atoms with van der Waals surface area (Å²) < 4.78 is 7.26. The highest BCUT2D eigenvalue weighted by atomic mass is 16.5. The molecule has 7 heteroatoms. The minimum atomic E-state index is -0.297. The summed E-state index contributed by atoms with van der Waals surface area (Å²) in [5.74, 6) is 0.257. The van der Waals surface area contributed by atoms with Crippen LogP contribution in [0.1, 0.15) is 24.9 Å². The van der Waals surface area contributed by atoms with Gasteiger partial charge < -0.3 is 20.4 Å². The predicted molar refractivity (Wildman–Crippen MR) is 104 cm³/mol. The Labute approximate surface area is 157 Å². The third-order valence-electron chi connectivity index (χ3n) is 5.04. The van der Waals surface area contributed by atoms with E-state index in [0.29, 0.717) is 25.4 Å². The first kappa shape index (κ1) is 17.5. The molecule has 1 fully saturated rings. The van der Waals surface area contributed by atoms with Crippen LogP contribution < -0.4 is 11.1 Å². The Morgan fingerprint density at radius 1 is 1.41 bits per heavy atom. The molecular weight excluding hydrogens is 342 g/mol. The van der Waals surface area contributed by atoms with Gasteiger partial charge in [0.05, 0.1) is 12.0 Å². The van der Waals surface area contributed by atoms with E-state index in [0.717, 1.165) is 22.2 Å². The summed E-state index contributed by atoms with van der Waals surface area (Å²) in [7, 11) is 0. The monoisotopic (exact) mass is 365 g/mol. The van der Waals surface area contributed by atoms with Crippen LogP contribution >= 0.6 is 0 Å². The number of anilines is 1. The lowest BCUT2D eigenvalue weighted by molar-refractivity contribution is -0.145. The number of carbonyl (C=O) groups excluding carboxylic acids is 1. The maximum atomic E-state index is 12.1. The zero-order valence-electron chi connectivity index (χ0n) is 15.5. The lowest BCUT2D eigenvalue weighted by atomic mass is 10.0. The molecule has 7 nitrogen and oxygen atoms in total. The Morgan fingerprint density at radius 2 is 2.26 bits per heavy atom. The van der Waals surface area contributed by atoms with E-state index >= 15 is 0 Å². The van der Waals surface area contributed by atoms with Crippen molar-refractivity contribution in [3.8, 4) is 11.1 Å². The molecule has 1 aromatic carbocycles. The Morgan fingerprint density at radius 3 is 3.04 bits per heavy atom. The maximum absolute atomic E-state index is 12.1. The predicted octanol–water partition coefficient (Wildman–Crippen LogP) is 2.46. The van der Waals surface area contributed by atoms with Crippen LogP contribution in [0.25, 0.3) is 22.2 Å². The zero-order chi connectivity index (χ0) is 19.0. The zero-order valence-corrected chi connectivity index (χ0v) is 15.5. The first-order valence-corrected chi connectivity index (χ1v) is 9.16. The van der Waals surface area contributed by atoms with Crippen LogP contribution in [0.5, 0.6) is 0 Å². The molecule has 27 heavy (non-hydrogen) atoms. The molecule has 0 spiro atoms. The molecule has 2 aromatic heterocycles. The molecule has 1 aliphatic rings. The van der Waals surface area contributed by atoms with Gasteiger partial charge in [-0.3, -0.25) is 4.79 Å². The lowest BCUT2D eigenvalue weighted by Crippen LogP contribution is -2.32. The Balaban J connectivity index is 1.77. The first-order chi connectivity index (χ1) is 13.1. The van der Waals surface area contributed by atoms with Crippen molar-refractivity contribution >= 4 is 22.8 Å². The molecule has 0 radical (unpaired) electrons. The van der Waals surface area contributed by atoms with E-state index < -0.39 is 0 Å². The van der Waals surface area contributed by atoms with Crippen LogP contribution in [0.4, 0.5) is 5.82 Å². The number of aryl methyl sites for hydroxylation is 1. The van der Waals surface area contributed by atoms with Gasteiger partial charge in [-0.25, -0.2) is 9.97 Å². The normalized spacial score (nSPS) is 19.5. The number of rotatable bonds is 4. The molecule has 0 aliphatic carbocycles. The summed E-state index contributed by atoms with van der Waals surface area (Å²) >= 11 is 0. The molecule has 0 amide bonds. The number of fused-ring (bicyclic) bond motifs is 1. The third-order valence-corrected chi connectivity index (χ3v) is 5.04. The molecule has 140 valence electrons. The average Bonchev–Trinajstić information content (AvgIpc) is 3.27. The smallest absolute Gasteiger partial charge is 0.323 e. The molecule has 1 saturated heterocycles. The van der Waals surface area contributed by atoms with Crippen LogP contribution in [0.3, 0.4) is 0 Å². The molecule has 3 heterocycles. The molecule has 2 atom stereocenters. The number of hydrogen-bond acceptors (Lipinski definition) is 6. The van der Waals surface area contributed by atoms with Crippen molar-refractivity contribution in [1.29, 1.82) is 0 Å². The van der Waals surface area contributed by atoms with Gasteiger partial charge >= 0.3 is 5.97 Å². The van der Waals surface area contributed by atoms with E-state index in [4.69, 9.17) is 10.5 Å². The third kappa shape index (κ3) is 3.14. The number of nitrogens with two attached hydrogens (primary N) is 1. The van der Waals surface area contributed by atoms with Gasteiger partial charge in [0.2, 0.25) is 0 Å². The van der Waals surface area contributed by atoms with Crippen molar-refractivity contribution in [3.63, 3.8) is 0 Å². The topological polar surface area (TPSA) is 95.1 Å². The van der Waals surface area contributed by atoms with Crippen LogP contribution in [-0.2, 0) is 9.53 Å². The SMILES string of the molecule is CCOC(=O)C1CC(n2cc(-c3cccc(C)c3)c3c(N)ncnc32)CN1. The number of nitrogens with one attached hydrogen (secondary N) is 1. The van der Waals surface area contributed by atoms with E-state index in [1.54, 1.807) is 0 Å². The minimum absolute atomic E-state index is 0.0924. The largest absolute Gasteiger partial charge is 0.465 e. The fraction of sp³-hybridized carbons (Fsp3) is 0.350. The highest BCUT2D eigenvalue weighted by molar-refractivity contribution is 6.00. The number of carbonyl (C=O) groups is 1. The number of nitrogen functional groups attached to an aromatic ring is 1. The van der Waals surface area contributed by atoms with Crippen LogP contribution in [0.15, 0.2) is 36.8 Å². The maximum Gasteiger partial charge on any atom is 0.323 e. The molecular formula is C20H23N5O2. The molecule has 1 aliphatic heterocycles. The van der Waals surface area contributed by atoms with Gasteiger partial charge in [-0.2, -0.15) is 0 Å². The highest BCUT2D eigenvalue weighted by Crippen LogP contribution is 2.36. The van der Waals surface area contributed by atoms with Gasteiger partial charge in [0.15, 0.2) is 0 Å². The molecule has 0 saturated carbocycles. The fourth-order valence-corrected chi connectivity index (χ4v) is 3.77. The summed E-state index contributed by atoms with van der Waals surface area (Å²) in [6, 6.07) is 8.07. The average molecular weight is 365 g/mol. The second kappa shape index (κ2) is 7.00. The van der Waals surface area contributed by atoms with Crippen molar-refractivity contribution in [2.24, 2.45) is 0 Å². The summed E-state index contributed by atoms with van der Waals surface area (Å²) in [6.07, 6.45) is 4.21. The van der Waals surface area contributed by atoms with Gasteiger partial charge in [0.1, 0.15) is 23.8 Å². The Bertz CT molecular complexity index is 997. The highest BCUT2D eigenvalue weighted by Gasteiger charge is 2.32. The quantitative estimate of drug-likeness (QED) is 0.690. The number of hydrogen-bond donors (Lipinski definition) is 2. The van der Waals surface area contributed by atoms with Crippen molar-refractivity contribution in [2.75, 3.05) is 18.9 Å². The van der Waals surface area contributed by atoms with Crippen molar-refractivity contribution in [1.82, 2.24) is 19.9 Å². The van der Waals surface area contributed by atoms with E-state index in [2.05, 4.69) is 51.2 Å². The van der Waals surface area contributed by atoms with Gasteiger partial charge in [0.25, 0.3) is 0 Å². The molecule has 3 aromatic rings.